The van der Waals surface area contributed by atoms with Crippen LogP contribution >= 0.6 is 0 Å². The van der Waals surface area contributed by atoms with Crippen LogP contribution in [0.25, 0.3) is 0 Å². The maximum atomic E-state index is 11.5. The molecule has 0 amide bonds. The lowest BCUT2D eigenvalue weighted by molar-refractivity contribution is -0.272. The van der Waals surface area contributed by atoms with Crippen molar-refractivity contribution in [1.82, 2.24) is 0 Å². The first-order chi connectivity index (χ1) is 15.7. The van der Waals surface area contributed by atoms with Crippen LogP contribution in [-0.4, -0.2) is 30.6 Å². The van der Waals surface area contributed by atoms with Crippen molar-refractivity contribution >= 4 is 5.97 Å². The smallest absolute Gasteiger partial charge is 0.302 e. The molecule has 4 aliphatic carbocycles. The van der Waals surface area contributed by atoms with Crippen LogP contribution in [-0.2, 0) is 19.0 Å². The van der Waals surface area contributed by atoms with Crippen molar-refractivity contribution in [2.75, 3.05) is 6.61 Å². The van der Waals surface area contributed by atoms with E-state index >= 15 is 0 Å². The van der Waals surface area contributed by atoms with E-state index in [1.54, 1.807) is 12.5 Å². The standard InChI is InChI=1S/C29H44O4/c1-17-8-13-29(31-16-17)18(2)26-25(33-29)15-24-22-7-6-20-14-21(32-19(3)30)9-11-27(20,4)23(22)10-12-28(24,26)5/h6,17-18,21-26H,7-16H2,1-5H3/t17-,18?,21+,22-,23+,24+,25?,26?,27+,28+,29-/m1/s1. The topological polar surface area (TPSA) is 44.8 Å². The molecule has 184 valence electrons. The lowest BCUT2D eigenvalue weighted by Crippen LogP contribution is -2.52. The molecule has 0 aromatic carbocycles. The van der Waals surface area contributed by atoms with Crippen molar-refractivity contribution in [3.8, 4) is 0 Å². The van der Waals surface area contributed by atoms with Crippen LogP contribution in [0.15, 0.2) is 11.6 Å². The molecule has 0 radical (unpaired) electrons. The number of esters is 1. The normalized spacial score (nSPS) is 55.2. The fraction of sp³-hybridized carbons (Fsp3) is 0.897. The molecule has 3 unspecified atom stereocenters. The molecule has 11 atom stereocenters. The number of rotatable bonds is 1. The second-order valence-electron chi connectivity index (χ2n) is 13.3. The summed E-state index contributed by atoms with van der Waals surface area (Å²) in [6.45, 7) is 12.3. The van der Waals surface area contributed by atoms with E-state index < -0.39 is 0 Å². The summed E-state index contributed by atoms with van der Waals surface area (Å²) in [6.07, 6.45) is 13.6. The van der Waals surface area contributed by atoms with E-state index in [0.29, 0.717) is 29.3 Å². The van der Waals surface area contributed by atoms with Crippen molar-refractivity contribution in [2.24, 2.45) is 46.3 Å². The van der Waals surface area contributed by atoms with Gasteiger partial charge in [0.1, 0.15) is 6.10 Å². The number of carbonyl (C=O) groups excluding carboxylic acids is 1. The Labute approximate surface area is 200 Å². The molecule has 5 fully saturated rings. The molecule has 0 aromatic rings. The average molecular weight is 457 g/mol. The minimum Gasteiger partial charge on any atom is -0.462 e. The summed E-state index contributed by atoms with van der Waals surface area (Å²) in [4.78, 5) is 11.5. The highest BCUT2D eigenvalue weighted by atomic mass is 16.7. The molecule has 4 nitrogen and oxygen atoms in total. The van der Waals surface area contributed by atoms with Crippen LogP contribution in [0.1, 0.15) is 92.4 Å². The third-order valence-electron chi connectivity index (χ3n) is 11.7. The van der Waals surface area contributed by atoms with Gasteiger partial charge in [0.2, 0.25) is 0 Å². The van der Waals surface area contributed by atoms with Crippen molar-refractivity contribution in [2.45, 2.75) is 110 Å². The van der Waals surface area contributed by atoms with Crippen molar-refractivity contribution in [3.63, 3.8) is 0 Å². The summed E-state index contributed by atoms with van der Waals surface area (Å²) in [5.74, 6) is 3.64. The zero-order valence-corrected chi connectivity index (χ0v) is 21.4. The predicted octanol–water partition coefficient (Wildman–Crippen LogP) is 6.28. The SMILES string of the molecule is CC(=O)O[C@H]1CC[C@@]2(C)C(=CC[C@@H]3[C@@H]2CC[C@]2(C)C4C(C[C@@H]32)O[C@]2(CC[C@@H](C)CO2)C4C)C1. The summed E-state index contributed by atoms with van der Waals surface area (Å²) in [5.41, 5.74) is 2.24. The molecule has 2 saturated heterocycles. The lowest BCUT2D eigenvalue weighted by atomic mass is 9.47. The Hall–Kier alpha value is -0.870. The molecule has 6 aliphatic rings. The molecule has 4 heteroatoms. The molecule has 6 rings (SSSR count). The van der Waals surface area contributed by atoms with Crippen molar-refractivity contribution in [3.05, 3.63) is 11.6 Å². The predicted molar refractivity (Wildman–Crippen MR) is 127 cm³/mol. The number of ether oxygens (including phenoxy) is 3. The third kappa shape index (κ3) is 3.18. The highest BCUT2D eigenvalue weighted by molar-refractivity contribution is 5.66. The Balaban J connectivity index is 1.24. The largest absolute Gasteiger partial charge is 0.462 e. The van der Waals surface area contributed by atoms with Crippen LogP contribution in [0.2, 0.25) is 0 Å². The summed E-state index contributed by atoms with van der Waals surface area (Å²) in [7, 11) is 0. The van der Waals surface area contributed by atoms with Crippen LogP contribution < -0.4 is 0 Å². The Morgan fingerprint density at radius 3 is 2.64 bits per heavy atom. The zero-order valence-electron chi connectivity index (χ0n) is 21.4. The van der Waals surface area contributed by atoms with Gasteiger partial charge in [0.15, 0.2) is 5.79 Å². The summed E-state index contributed by atoms with van der Waals surface area (Å²) < 4.78 is 19.0. The maximum Gasteiger partial charge on any atom is 0.302 e. The molecule has 3 saturated carbocycles. The van der Waals surface area contributed by atoms with Gasteiger partial charge in [-0.2, -0.15) is 0 Å². The second kappa shape index (κ2) is 7.56. The van der Waals surface area contributed by atoms with Gasteiger partial charge in [-0.15, -0.1) is 0 Å². The first-order valence-electron chi connectivity index (χ1n) is 13.8. The van der Waals surface area contributed by atoms with E-state index in [2.05, 4.69) is 33.8 Å². The van der Waals surface area contributed by atoms with Crippen LogP contribution in [0, 0.1) is 46.3 Å². The fourth-order valence-corrected chi connectivity index (χ4v) is 9.98. The number of hydrogen-bond acceptors (Lipinski definition) is 4. The lowest BCUT2D eigenvalue weighted by Gasteiger charge is -2.58. The Morgan fingerprint density at radius 2 is 1.91 bits per heavy atom. The van der Waals surface area contributed by atoms with Gasteiger partial charge in [-0.25, -0.2) is 0 Å². The fourth-order valence-electron chi connectivity index (χ4n) is 9.98. The Kier molecular flexibility index (Phi) is 5.18. The van der Waals surface area contributed by atoms with E-state index in [9.17, 15) is 4.79 Å². The molecule has 0 aromatic heterocycles. The molecule has 2 heterocycles. The Morgan fingerprint density at radius 1 is 1.09 bits per heavy atom. The van der Waals surface area contributed by atoms with E-state index in [4.69, 9.17) is 14.2 Å². The summed E-state index contributed by atoms with van der Waals surface area (Å²) in [6, 6.07) is 0. The monoisotopic (exact) mass is 456 g/mol. The first kappa shape index (κ1) is 22.6. The highest BCUT2D eigenvalue weighted by Crippen LogP contribution is 2.70. The van der Waals surface area contributed by atoms with Crippen LogP contribution in [0.3, 0.4) is 0 Å². The highest BCUT2D eigenvalue weighted by Gasteiger charge is 2.68. The average Bonchev–Trinajstić information content (AvgIpc) is 3.21. The van der Waals surface area contributed by atoms with Gasteiger partial charge in [0.05, 0.1) is 12.7 Å². The van der Waals surface area contributed by atoms with Gasteiger partial charge in [0, 0.05) is 25.7 Å². The van der Waals surface area contributed by atoms with Gasteiger partial charge in [-0.1, -0.05) is 39.3 Å². The molecule has 2 aliphatic heterocycles. The minimum absolute atomic E-state index is 0.0849. The molecule has 33 heavy (non-hydrogen) atoms. The zero-order chi connectivity index (χ0) is 23.2. The van der Waals surface area contributed by atoms with Gasteiger partial charge < -0.3 is 14.2 Å². The van der Waals surface area contributed by atoms with Gasteiger partial charge in [-0.05, 0) is 85.4 Å². The number of hydrogen-bond donors (Lipinski definition) is 0. The molecule has 0 N–H and O–H groups in total. The minimum atomic E-state index is -0.312. The second-order valence-corrected chi connectivity index (χ2v) is 13.3. The van der Waals surface area contributed by atoms with E-state index in [-0.39, 0.29) is 23.3 Å². The van der Waals surface area contributed by atoms with E-state index in [1.807, 2.05) is 0 Å². The number of carbonyl (C=O) groups is 1. The van der Waals surface area contributed by atoms with Crippen LogP contribution in [0.5, 0.6) is 0 Å². The Bertz CT molecular complexity index is 841. The molecule has 0 bridgehead atoms. The maximum absolute atomic E-state index is 11.5. The van der Waals surface area contributed by atoms with Gasteiger partial charge >= 0.3 is 5.97 Å². The molecule has 1 spiro atoms. The van der Waals surface area contributed by atoms with Crippen molar-refractivity contribution in [1.29, 1.82) is 0 Å². The van der Waals surface area contributed by atoms with Gasteiger partial charge in [-0.3, -0.25) is 4.79 Å². The van der Waals surface area contributed by atoms with E-state index in [0.717, 1.165) is 50.0 Å². The number of fused-ring (bicyclic) bond motifs is 7. The van der Waals surface area contributed by atoms with E-state index in [1.165, 1.54) is 32.1 Å². The first-order valence-corrected chi connectivity index (χ1v) is 13.8. The molecular formula is C29H44O4. The summed E-state index contributed by atoms with van der Waals surface area (Å²) in [5, 5.41) is 0. The quantitative estimate of drug-likeness (QED) is 0.344. The summed E-state index contributed by atoms with van der Waals surface area (Å²) >= 11 is 0. The third-order valence-corrected chi connectivity index (χ3v) is 11.7. The molecular weight excluding hydrogens is 412 g/mol. The van der Waals surface area contributed by atoms with Crippen molar-refractivity contribution < 1.29 is 19.0 Å². The van der Waals surface area contributed by atoms with Crippen LogP contribution in [0.4, 0.5) is 0 Å². The number of allylic oxidation sites excluding steroid dienone is 1. The van der Waals surface area contributed by atoms with Gasteiger partial charge in [0.25, 0.3) is 0 Å².